The molecular weight excluding hydrogens is 314 g/mol. The van der Waals surface area contributed by atoms with Gasteiger partial charge in [0.15, 0.2) is 10.9 Å². The minimum absolute atomic E-state index is 0.599. The molecule has 4 nitrogen and oxygen atoms in total. The van der Waals surface area contributed by atoms with E-state index in [2.05, 4.69) is 37.5 Å². The molecule has 0 aliphatic carbocycles. The average Bonchev–Trinajstić information content (AvgIpc) is 2.92. The van der Waals surface area contributed by atoms with Crippen molar-refractivity contribution in [2.75, 3.05) is 5.32 Å². The molecule has 2 heterocycles. The van der Waals surface area contributed by atoms with Crippen molar-refractivity contribution >= 4 is 42.6 Å². The van der Waals surface area contributed by atoms with Gasteiger partial charge in [0.2, 0.25) is 0 Å². The Bertz CT molecular complexity index is 692. The highest BCUT2D eigenvalue weighted by Gasteiger charge is 2.05. The molecule has 92 valence electrons. The lowest BCUT2D eigenvalue weighted by molar-refractivity contribution is 0.384. The third-order valence-electron chi connectivity index (χ3n) is 2.44. The Kier molecular flexibility index (Phi) is 3.05. The van der Waals surface area contributed by atoms with Gasteiger partial charge in [0.05, 0.1) is 22.5 Å². The van der Waals surface area contributed by atoms with E-state index in [1.54, 1.807) is 11.3 Å². The van der Waals surface area contributed by atoms with Crippen molar-refractivity contribution in [3.8, 4) is 0 Å². The van der Waals surface area contributed by atoms with Crippen molar-refractivity contribution in [3.05, 3.63) is 40.2 Å². The van der Waals surface area contributed by atoms with Gasteiger partial charge < -0.3 is 9.84 Å². The number of aromatic nitrogens is 2. The molecule has 0 unspecified atom stereocenters. The van der Waals surface area contributed by atoms with Gasteiger partial charge >= 0.3 is 0 Å². The summed E-state index contributed by atoms with van der Waals surface area (Å²) >= 11 is 5.08. The summed E-state index contributed by atoms with van der Waals surface area (Å²) in [5, 5.41) is 7.97. The fourth-order valence-corrected chi connectivity index (χ4v) is 3.05. The van der Waals surface area contributed by atoms with Gasteiger partial charge in [-0.3, -0.25) is 0 Å². The van der Waals surface area contributed by atoms with Crippen molar-refractivity contribution in [2.45, 2.75) is 13.5 Å². The fraction of sp³-hybridized carbons (Fsp3) is 0.167. The van der Waals surface area contributed by atoms with Crippen molar-refractivity contribution in [3.63, 3.8) is 0 Å². The van der Waals surface area contributed by atoms with E-state index >= 15 is 0 Å². The largest absolute Gasteiger partial charge is 0.359 e. The third kappa shape index (κ3) is 2.39. The third-order valence-corrected chi connectivity index (χ3v) is 3.91. The second kappa shape index (κ2) is 4.70. The van der Waals surface area contributed by atoms with Crippen LogP contribution < -0.4 is 5.32 Å². The molecule has 0 atom stereocenters. The maximum Gasteiger partial charge on any atom is 0.184 e. The van der Waals surface area contributed by atoms with E-state index < -0.39 is 0 Å². The van der Waals surface area contributed by atoms with Gasteiger partial charge in [0.25, 0.3) is 0 Å². The Labute approximate surface area is 116 Å². The zero-order chi connectivity index (χ0) is 12.5. The summed E-state index contributed by atoms with van der Waals surface area (Å²) in [5.41, 5.74) is 1.89. The second-order valence-electron chi connectivity index (χ2n) is 3.92. The molecule has 1 aromatic carbocycles. The maximum absolute atomic E-state index is 5.14. The van der Waals surface area contributed by atoms with Crippen molar-refractivity contribution in [2.24, 2.45) is 0 Å². The number of hydrogen-bond acceptors (Lipinski definition) is 5. The minimum atomic E-state index is 0.599. The fourth-order valence-electron chi connectivity index (χ4n) is 1.64. The first kappa shape index (κ1) is 11.7. The Morgan fingerprint density at radius 1 is 1.39 bits per heavy atom. The molecule has 1 N–H and O–H groups in total. The first-order valence-corrected chi connectivity index (χ1v) is 7.04. The molecule has 6 heteroatoms. The van der Waals surface area contributed by atoms with E-state index in [9.17, 15) is 0 Å². The lowest BCUT2D eigenvalue weighted by Crippen LogP contribution is -1.96. The molecular formula is C12H10BrN3OS. The molecule has 0 amide bonds. The lowest BCUT2D eigenvalue weighted by atomic mass is 10.3. The summed E-state index contributed by atoms with van der Waals surface area (Å²) in [5.74, 6) is 0.813. The van der Waals surface area contributed by atoms with Gasteiger partial charge in [0, 0.05) is 10.5 Å². The number of benzene rings is 1. The number of rotatable bonds is 3. The van der Waals surface area contributed by atoms with E-state index in [1.165, 1.54) is 0 Å². The molecule has 0 aliphatic heterocycles. The van der Waals surface area contributed by atoms with Crippen LogP contribution in [0.1, 0.15) is 11.5 Å². The van der Waals surface area contributed by atoms with Crippen LogP contribution in [0.3, 0.4) is 0 Å². The molecule has 0 radical (unpaired) electrons. The molecule has 3 rings (SSSR count). The van der Waals surface area contributed by atoms with Crippen molar-refractivity contribution in [1.29, 1.82) is 0 Å². The van der Waals surface area contributed by atoms with Gasteiger partial charge in [-0.05, 0) is 25.1 Å². The van der Waals surface area contributed by atoms with Gasteiger partial charge in [-0.2, -0.15) is 0 Å². The molecule has 18 heavy (non-hydrogen) atoms. The minimum Gasteiger partial charge on any atom is -0.359 e. The normalized spacial score (nSPS) is 11.0. The quantitative estimate of drug-likeness (QED) is 0.792. The summed E-state index contributed by atoms with van der Waals surface area (Å²) < 4.78 is 7.36. The van der Waals surface area contributed by atoms with Crippen molar-refractivity contribution in [1.82, 2.24) is 10.1 Å². The highest BCUT2D eigenvalue weighted by Crippen LogP contribution is 2.28. The zero-order valence-electron chi connectivity index (χ0n) is 9.61. The Balaban J connectivity index is 1.78. The number of nitrogens with one attached hydrogen (secondary N) is 1. The molecule has 2 aromatic heterocycles. The van der Waals surface area contributed by atoms with Gasteiger partial charge in [-0.25, -0.2) is 4.98 Å². The summed E-state index contributed by atoms with van der Waals surface area (Å²) in [4.78, 5) is 4.50. The van der Waals surface area contributed by atoms with Crippen LogP contribution in [0.25, 0.3) is 10.2 Å². The summed E-state index contributed by atoms with van der Waals surface area (Å²) in [6, 6.07) is 7.97. The van der Waals surface area contributed by atoms with Crippen LogP contribution in [-0.2, 0) is 6.54 Å². The monoisotopic (exact) mass is 323 g/mol. The number of nitrogens with zero attached hydrogens (tertiary/aromatic N) is 2. The number of anilines is 1. The van der Waals surface area contributed by atoms with E-state index in [4.69, 9.17) is 4.52 Å². The number of thiazole rings is 1. The van der Waals surface area contributed by atoms with E-state index in [1.807, 2.05) is 25.1 Å². The van der Waals surface area contributed by atoms with Crippen LogP contribution >= 0.6 is 27.3 Å². The lowest BCUT2D eigenvalue weighted by Gasteiger charge is -1.96. The standard InChI is InChI=1S/C12H10BrN3OS/c1-7-4-9(17-16-7)6-14-12-15-10-3-2-8(13)5-11(10)18-12/h2-5H,6H2,1H3,(H,14,15). The maximum atomic E-state index is 5.14. The molecule has 3 aromatic rings. The van der Waals surface area contributed by atoms with Crippen LogP contribution in [0.5, 0.6) is 0 Å². The Hall–Kier alpha value is -1.40. The molecule has 0 bridgehead atoms. The SMILES string of the molecule is Cc1cc(CNc2nc3ccc(Br)cc3s2)on1. The summed E-state index contributed by atoms with van der Waals surface area (Å²) in [6.07, 6.45) is 0. The van der Waals surface area contributed by atoms with Crippen LogP contribution in [0.2, 0.25) is 0 Å². The number of aryl methyl sites for hydroxylation is 1. The smallest absolute Gasteiger partial charge is 0.184 e. The van der Waals surface area contributed by atoms with E-state index in [0.717, 1.165) is 31.3 Å². The number of fused-ring (bicyclic) bond motifs is 1. The predicted octanol–water partition coefficient (Wildman–Crippen LogP) is 3.97. The predicted molar refractivity (Wildman–Crippen MR) is 75.9 cm³/mol. The Morgan fingerprint density at radius 2 is 2.28 bits per heavy atom. The van der Waals surface area contributed by atoms with Crippen molar-refractivity contribution < 1.29 is 4.52 Å². The highest BCUT2D eigenvalue weighted by molar-refractivity contribution is 9.10. The van der Waals surface area contributed by atoms with Gasteiger partial charge in [-0.15, -0.1) is 0 Å². The first-order chi connectivity index (χ1) is 8.70. The second-order valence-corrected chi connectivity index (χ2v) is 5.87. The van der Waals surface area contributed by atoms with E-state index in [0.29, 0.717) is 6.54 Å². The van der Waals surface area contributed by atoms with Crippen LogP contribution in [-0.4, -0.2) is 10.1 Å². The molecule has 0 saturated carbocycles. The van der Waals surface area contributed by atoms with Gasteiger partial charge in [0.1, 0.15) is 0 Å². The van der Waals surface area contributed by atoms with Crippen LogP contribution in [0.15, 0.2) is 33.3 Å². The summed E-state index contributed by atoms with van der Waals surface area (Å²) in [6.45, 7) is 2.50. The number of halogens is 1. The summed E-state index contributed by atoms with van der Waals surface area (Å²) in [7, 11) is 0. The molecule has 0 spiro atoms. The molecule has 0 aliphatic rings. The average molecular weight is 324 g/mol. The molecule has 0 saturated heterocycles. The number of hydrogen-bond donors (Lipinski definition) is 1. The molecule has 0 fully saturated rings. The highest BCUT2D eigenvalue weighted by atomic mass is 79.9. The van der Waals surface area contributed by atoms with Crippen LogP contribution in [0.4, 0.5) is 5.13 Å². The Morgan fingerprint density at radius 3 is 3.06 bits per heavy atom. The topological polar surface area (TPSA) is 51.0 Å². The van der Waals surface area contributed by atoms with E-state index in [-0.39, 0.29) is 0 Å². The zero-order valence-corrected chi connectivity index (χ0v) is 12.0. The first-order valence-electron chi connectivity index (χ1n) is 5.43. The van der Waals surface area contributed by atoms with Gasteiger partial charge in [-0.1, -0.05) is 32.4 Å². The van der Waals surface area contributed by atoms with Crippen LogP contribution in [0, 0.1) is 6.92 Å².